The van der Waals surface area contributed by atoms with Crippen LogP contribution in [0.3, 0.4) is 0 Å². The minimum absolute atomic E-state index is 0.312. The van der Waals surface area contributed by atoms with Crippen molar-refractivity contribution in [3.05, 3.63) is 0 Å². The molecule has 0 aliphatic rings. The monoisotopic (exact) mass is 223 g/mol. The number of nitrogens with two attached hydrogens (primary N) is 1. The van der Waals surface area contributed by atoms with E-state index in [4.69, 9.17) is 22.6 Å². The molecule has 1 unspecified atom stereocenters. The predicted octanol–water partition coefficient (Wildman–Crippen LogP) is 1.16. The molecule has 0 aliphatic heterocycles. The smallest absolute Gasteiger partial charge is 0.320 e. The van der Waals surface area contributed by atoms with Gasteiger partial charge in [0.05, 0.1) is 0 Å². The van der Waals surface area contributed by atoms with E-state index in [9.17, 15) is 4.79 Å². The first-order valence-corrected chi connectivity index (χ1v) is 8.13. The standard InChI is InChI=1S/C8H18NO2PS/c1-6(5-12(2,3)13)4-7(9)8(10)11/h6-7H,4-5,9H2,1-3H3,(H,10,11)/t6?,7-/m0/s1. The molecule has 0 saturated carbocycles. The highest BCUT2D eigenvalue weighted by atomic mass is 32.4. The normalized spacial score (nSPS) is 16.6. The van der Waals surface area contributed by atoms with Crippen molar-refractivity contribution in [1.82, 2.24) is 0 Å². The number of carboxylic acid groups (broad SMARTS) is 1. The van der Waals surface area contributed by atoms with Gasteiger partial charge in [-0.3, -0.25) is 4.79 Å². The molecule has 0 fully saturated rings. The zero-order chi connectivity index (χ0) is 10.6. The van der Waals surface area contributed by atoms with E-state index in [0.717, 1.165) is 6.16 Å². The molecule has 78 valence electrons. The van der Waals surface area contributed by atoms with Crippen molar-refractivity contribution in [2.24, 2.45) is 11.7 Å². The summed E-state index contributed by atoms with van der Waals surface area (Å²) in [5, 5.41) is 8.59. The largest absolute Gasteiger partial charge is 0.480 e. The lowest BCUT2D eigenvalue weighted by Gasteiger charge is -2.18. The Morgan fingerprint density at radius 3 is 2.38 bits per heavy atom. The minimum Gasteiger partial charge on any atom is -0.480 e. The third kappa shape index (κ3) is 7.17. The second kappa shape index (κ2) is 5.08. The Morgan fingerprint density at radius 2 is 2.08 bits per heavy atom. The molecule has 0 aromatic rings. The molecule has 0 aliphatic carbocycles. The molecule has 0 amide bonds. The highest BCUT2D eigenvalue weighted by Gasteiger charge is 2.17. The summed E-state index contributed by atoms with van der Waals surface area (Å²) < 4.78 is 0. The molecule has 0 aromatic heterocycles. The Labute approximate surface area is 84.7 Å². The first-order chi connectivity index (χ1) is 5.72. The molecular formula is C8H18NO2PS. The van der Waals surface area contributed by atoms with Gasteiger partial charge in [-0.2, -0.15) is 0 Å². The van der Waals surface area contributed by atoms with Crippen molar-refractivity contribution in [3.8, 4) is 0 Å². The Kier molecular flexibility index (Phi) is 5.11. The van der Waals surface area contributed by atoms with Crippen LogP contribution in [0.15, 0.2) is 0 Å². The molecule has 0 bridgehead atoms. The highest BCUT2D eigenvalue weighted by molar-refractivity contribution is 8.13. The molecule has 0 aromatic carbocycles. The number of hydrogen-bond acceptors (Lipinski definition) is 3. The van der Waals surface area contributed by atoms with E-state index >= 15 is 0 Å². The van der Waals surface area contributed by atoms with Gasteiger partial charge in [0.15, 0.2) is 0 Å². The molecule has 3 nitrogen and oxygen atoms in total. The van der Waals surface area contributed by atoms with Gasteiger partial charge in [-0.1, -0.05) is 18.7 Å². The topological polar surface area (TPSA) is 63.3 Å². The van der Waals surface area contributed by atoms with Gasteiger partial charge in [-0.05, 0) is 37.9 Å². The highest BCUT2D eigenvalue weighted by Crippen LogP contribution is 2.39. The van der Waals surface area contributed by atoms with Gasteiger partial charge in [0.2, 0.25) is 0 Å². The summed E-state index contributed by atoms with van der Waals surface area (Å²) in [6, 6.07) is -1.96. The number of carbonyl (C=O) groups is 1. The van der Waals surface area contributed by atoms with Gasteiger partial charge >= 0.3 is 5.97 Å². The third-order valence-corrected chi connectivity index (χ3v) is 3.67. The second-order valence-corrected chi connectivity index (χ2v) is 10.5. The summed E-state index contributed by atoms with van der Waals surface area (Å²) in [6.45, 7) is 6.16. The van der Waals surface area contributed by atoms with Gasteiger partial charge in [0, 0.05) is 0 Å². The van der Waals surface area contributed by atoms with Crippen molar-refractivity contribution in [2.75, 3.05) is 19.5 Å². The van der Waals surface area contributed by atoms with Crippen LogP contribution in [0.5, 0.6) is 0 Å². The van der Waals surface area contributed by atoms with Crippen molar-refractivity contribution in [3.63, 3.8) is 0 Å². The van der Waals surface area contributed by atoms with Crippen LogP contribution >= 0.6 is 6.04 Å². The Morgan fingerprint density at radius 1 is 1.62 bits per heavy atom. The molecule has 2 atom stereocenters. The van der Waals surface area contributed by atoms with E-state index in [1.54, 1.807) is 0 Å². The zero-order valence-corrected chi connectivity index (χ0v) is 10.1. The maximum absolute atomic E-state index is 10.5. The van der Waals surface area contributed by atoms with Gasteiger partial charge < -0.3 is 10.8 Å². The molecule has 13 heavy (non-hydrogen) atoms. The van der Waals surface area contributed by atoms with Crippen LogP contribution in [0.2, 0.25) is 0 Å². The quantitative estimate of drug-likeness (QED) is 0.687. The van der Waals surface area contributed by atoms with Gasteiger partial charge in [0.25, 0.3) is 0 Å². The fraction of sp³-hybridized carbons (Fsp3) is 0.875. The van der Waals surface area contributed by atoms with Crippen LogP contribution in [0.1, 0.15) is 13.3 Å². The average Bonchev–Trinajstić information content (AvgIpc) is 1.81. The maximum atomic E-state index is 10.5. The van der Waals surface area contributed by atoms with Gasteiger partial charge in [-0.25, -0.2) is 0 Å². The van der Waals surface area contributed by atoms with Crippen LogP contribution in [-0.2, 0) is 16.6 Å². The van der Waals surface area contributed by atoms with E-state index in [0.29, 0.717) is 12.3 Å². The molecular weight excluding hydrogens is 205 g/mol. The fourth-order valence-corrected chi connectivity index (χ4v) is 3.77. The van der Waals surface area contributed by atoms with Crippen molar-refractivity contribution in [2.45, 2.75) is 19.4 Å². The summed E-state index contributed by atoms with van der Waals surface area (Å²) in [7, 11) is 0. The summed E-state index contributed by atoms with van der Waals surface area (Å²) in [5.41, 5.74) is 5.42. The molecule has 5 heteroatoms. The van der Waals surface area contributed by atoms with Crippen LogP contribution in [0, 0.1) is 5.92 Å². The van der Waals surface area contributed by atoms with Crippen LogP contribution in [-0.4, -0.2) is 36.6 Å². The van der Waals surface area contributed by atoms with E-state index in [1.165, 1.54) is 0 Å². The van der Waals surface area contributed by atoms with Gasteiger partial charge in [0.1, 0.15) is 6.04 Å². The Hall–Kier alpha value is 0.0800. The van der Waals surface area contributed by atoms with Gasteiger partial charge in [-0.15, -0.1) is 0 Å². The number of aliphatic carboxylic acids is 1. The van der Waals surface area contributed by atoms with Crippen LogP contribution in [0.4, 0.5) is 0 Å². The molecule has 3 N–H and O–H groups in total. The number of hydrogen-bond donors (Lipinski definition) is 2. The van der Waals surface area contributed by atoms with Crippen molar-refractivity contribution in [1.29, 1.82) is 0 Å². The van der Waals surface area contributed by atoms with Crippen molar-refractivity contribution >= 4 is 23.8 Å². The lowest BCUT2D eigenvalue weighted by molar-refractivity contribution is -0.138. The van der Waals surface area contributed by atoms with E-state index in [1.807, 2.05) is 6.92 Å². The molecule has 0 spiro atoms. The van der Waals surface area contributed by atoms with Crippen LogP contribution < -0.4 is 5.73 Å². The third-order valence-electron chi connectivity index (χ3n) is 1.72. The summed E-state index contributed by atoms with van der Waals surface area (Å²) in [6.07, 6.45) is 1.46. The molecule has 0 heterocycles. The summed E-state index contributed by atoms with van der Waals surface area (Å²) in [5.74, 6) is -0.612. The summed E-state index contributed by atoms with van der Waals surface area (Å²) in [4.78, 5) is 10.5. The van der Waals surface area contributed by atoms with Crippen LogP contribution in [0.25, 0.3) is 0 Å². The zero-order valence-electron chi connectivity index (χ0n) is 8.36. The lowest BCUT2D eigenvalue weighted by atomic mass is 10.0. The minimum atomic E-state index is -1.22. The van der Waals surface area contributed by atoms with Crippen molar-refractivity contribution < 1.29 is 9.90 Å². The van der Waals surface area contributed by atoms with E-state index in [2.05, 4.69) is 13.3 Å². The molecule has 0 rings (SSSR count). The number of carboxylic acids is 1. The Balaban J connectivity index is 3.95. The first-order valence-electron chi connectivity index (χ1n) is 4.25. The van der Waals surface area contributed by atoms with E-state index in [-0.39, 0.29) is 0 Å². The van der Waals surface area contributed by atoms with E-state index < -0.39 is 18.0 Å². The first kappa shape index (κ1) is 13.1. The summed E-state index contributed by atoms with van der Waals surface area (Å²) >= 11 is 5.30. The Bertz CT molecular complexity index is 226. The lowest BCUT2D eigenvalue weighted by Crippen LogP contribution is -2.32. The molecule has 0 radical (unpaired) electrons. The molecule has 0 saturated heterocycles. The average molecular weight is 223 g/mol. The second-order valence-electron chi connectivity index (χ2n) is 4.04. The SMILES string of the molecule is CC(C[C@H](N)C(=O)O)CP(C)(C)=S. The fourth-order valence-electron chi connectivity index (χ4n) is 1.36. The number of rotatable bonds is 5. The maximum Gasteiger partial charge on any atom is 0.320 e. The predicted molar refractivity (Wildman–Crippen MR) is 60.4 cm³/mol.